The van der Waals surface area contributed by atoms with Crippen LogP contribution in [0.3, 0.4) is 0 Å². The van der Waals surface area contributed by atoms with Gasteiger partial charge in [-0.05, 0) is 42.8 Å². The van der Waals surface area contributed by atoms with Gasteiger partial charge in [-0.1, -0.05) is 35.5 Å². The van der Waals surface area contributed by atoms with Crippen molar-refractivity contribution in [1.29, 1.82) is 0 Å². The van der Waals surface area contributed by atoms with Crippen molar-refractivity contribution >= 4 is 29.0 Å². The molecule has 4 heterocycles. The Bertz CT molecular complexity index is 1420. The number of aromatic nitrogens is 6. The number of nitrogens with one attached hydrogen (secondary N) is 1. The zero-order chi connectivity index (χ0) is 24.0. The van der Waals surface area contributed by atoms with E-state index in [-0.39, 0.29) is 5.91 Å². The van der Waals surface area contributed by atoms with E-state index >= 15 is 0 Å². The highest BCUT2D eigenvalue weighted by Gasteiger charge is 2.18. The Morgan fingerprint density at radius 3 is 2.57 bits per heavy atom. The molecule has 0 atom stereocenters. The standard InChI is InChI=1S/C25H21N7OS2/c1-17-6-8-20(9-7-17)32-23(19-5-3-11-27-14-19)30-31-25(32)35-16-22-29-21(15-34-22)24(33)28-13-18-4-2-10-26-12-18/h2-12,14-15H,13,16H2,1H3,(H,28,33). The van der Waals surface area contributed by atoms with Gasteiger partial charge < -0.3 is 5.32 Å². The zero-order valence-electron chi connectivity index (χ0n) is 18.8. The van der Waals surface area contributed by atoms with Gasteiger partial charge in [-0.2, -0.15) is 0 Å². The molecule has 1 amide bonds. The maximum atomic E-state index is 12.5. The van der Waals surface area contributed by atoms with Crippen LogP contribution in [0.15, 0.2) is 83.9 Å². The fourth-order valence-corrected chi connectivity index (χ4v) is 5.10. The number of thiazole rings is 1. The molecular weight excluding hydrogens is 478 g/mol. The molecule has 8 nitrogen and oxygen atoms in total. The number of carbonyl (C=O) groups is 1. The summed E-state index contributed by atoms with van der Waals surface area (Å²) in [6, 6.07) is 15.8. The summed E-state index contributed by atoms with van der Waals surface area (Å²) in [6.07, 6.45) is 6.95. The van der Waals surface area contributed by atoms with Crippen LogP contribution in [0.1, 0.15) is 26.6 Å². The summed E-state index contributed by atoms with van der Waals surface area (Å²) >= 11 is 2.98. The zero-order valence-corrected chi connectivity index (χ0v) is 20.5. The van der Waals surface area contributed by atoms with Crippen LogP contribution < -0.4 is 5.32 Å². The number of hydrogen-bond acceptors (Lipinski definition) is 8. The second kappa shape index (κ2) is 10.6. The number of thioether (sulfide) groups is 1. The van der Waals surface area contributed by atoms with Gasteiger partial charge in [0.15, 0.2) is 11.0 Å². The summed E-state index contributed by atoms with van der Waals surface area (Å²) in [4.78, 5) is 25.3. The van der Waals surface area contributed by atoms with E-state index in [4.69, 9.17) is 0 Å². The van der Waals surface area contributed by atoms with E-state index in [1.807, 2.05) is 28.8 Å². The molecule has 0 radical (unpaired) electrons. The van der Waals surface area contributed by atoms with Gasteiger partial charge in [-0.3, -0.25) is 19.3 Å². The predicted octanol–water partition coefficient (Wildman–Crippen LogP) is 4.71. The molecule has 0 aliphatic heterocycles. The van der Waals surface area contributed by atoms with Gasteiger partial charge in [0, 0.05) is 48.0 Å². The molecule has 1 aromatic carbocycles. The third kappa shape index (κ3) is 5.44. The number of aryl methyl sites for hydroxylation is 1. The first-order chi connectivity index (χ1) is 17.2. The summed E-state index contributed by atoms with van der Waals surface area (Å²) in [7, 11) is 0. The van der Waals surface area contributed by atoms with E-state index in [0.29, 0.717) is 18.0 Å². The molecule has 0 saturated heterocycles. The molecule has 35 heavy (non-hydrogen) atoms. The number of rotatable bonds is 8. The van der Waals surface area contributed by atoms with Crippen molar-refractivity contribution in [3.05, 3.63) is 101 Å². The van der Waals surface area contributed by atoms with Crippen LogP contribution in [-0.4, -0.2) is 35.6 Å². The predicted molar refractivity (Wildman–Crippen MR) is 136 cm³/mol. The first kappa shape index (κ1) is 22.9. The lowest BCUT2D eigenvalue weighted by Crippen LogP contribution is -2.23. The van der Waals surface area contributed by atoms with Gasteiger partial charge in [-0.25, -0.2) is 4.98 Å². The minimum atomic E-state index is -0.206. The Kier molecular flexibility index (Phi) is 6.92. The monoisotopic (exact) mass is 499 g/mol. The summed E-state index contributed by atoms with van der Waals surface area (Å²) in [6.45, 7) is 2.46. The Labute approximate surface area is 210 Å². The lowest BCUT2D eigenvalue weighted by molar-refractivity contribution is 0.0946. The van der Waals surface area contributed by atoms with E-state index in [1.54, 1.807) is 30.2 Å². The fourth-order valence-electron chi connectivity index (χ4n) is 3.36. The Morgan fingerprint density at radius 2 is 1.83 bits per heavy atom. The molecule has 174 valence electrons. The normalized spacial score (nSPS) is 10.9. The van der Waals surface area contributed by atoms with Crippen LogP contribution in [0, 0.1) is 6.92 Å². The van der Waals surface area contributed by atoms with E-state index in [1.165, 1.54) is 28.7 Å². The minimum absolute atomic E-state index is 0.206. The van der Waals surface area contributed by atoms with Crippen LogP contribution in [0.25, 0.3) is 17.1 Å². The minimum Gasteiger partial charge on any atom is -0.347 e. The highest BCUT2D eigenvalue weighted by Crippen LogP contribution is 2.30. The van der Waals surface area contributed by atoms with Gasteiger partial charge in [-0.15, -0.1) is 21.5 Å². The van der Waals surface area contributed by atoms with Crippen molar-refractivity contribution in [2.75, 3.05) is 0 Å². The third-order valence-electron chi connectivity index (χ3n) is 5.13. The van der Waals surface area contributed by atoms with Crippen LogP contribution >= 0.6 is 23.1 Å². The summed E-state index contributed by atoms with van der Waals surface area (Å²) in [5.41, 5.74) is 4.37. The van der Waals surface area contributed by atoms with E-state index in [0.717, 1.165) is 32.8 Å². The maximum Gasteiger partial charge on any atom is 0.271 e. The van der Waals surface area contributed by atoms with Crippen molar-refractivity contribution in [1.82, 2.24) is 35.0 Å². The van der Waals surface area contributed by atoms with Gasteiger partial charge >= 0.3 is 0 Å². The first-order valence-electron chi connectivity index (χ1n) is 10.8. The lowest BCUT2D eigenvalue weighted by atomic mass is 10.2. The molecular formula is C25H21N7OS2. The molecule has 10 heteroatoms. The van der Waals surface area contributed by atoms with Gasteiger partial charge in [0.1, 0.15) is 10.7 Å². The Hall–Kier alpha value is -3.89. The largest absolute Gasteiger partial charge is 0.347 e. The summed E-state index contributed by atoms with van der Waals surface area (Å²) in [5, 5.41) is 15.1. The molecule has 5 rings (SSSR count). The van der Waals surface area contributed by atoms with Crippen molar-refractivity contribution in [3.8, 4) is 17.1 Å². The molecule has 0 spiro atoms. The van der Waals surface area contributed by atoms with Gasteiger partial charge in [0.2, 0.25) is 0 Å². The molecule has 0 fully saturated rings. The second-order valence-corrected chi connectivity index (χ2v) is 9.56. The Balaban J connectivity index is 1.32. The van der Waals surface area contributed by atoms with E-state index < -0.39 is 0 Å². The number of nitrogens with zero attached hydrogens (tertiary/aromatic N) is 6. The second-order valence-electron chi connectivity index (χ2n) is 7.68. The number of carbonyl (C=O) groups excluding carboxylic acids is 1. The maximum absolute atomic E-state index is 12.5. The molecule has 0 saturated carbocycles. The first-order valence-corrected chi connectivity index (χ1v) is 12.7. The SMILES string of the molecule is Cc1ccc(-n2c(SCc3nc(C(=O)NCc4cccnc4)cs3)nnc2-c2cccnc2)cc1. The molecule has 1 N–H and O–H groups in total. The molecule has 0 aliphatic rings. The highest BCUT2D eigenvalue weighted by atomic mass is 32.2. The number of pyridine rings is 2. The number of hydrogen-bond donors (Lipinski definition) is 1. The summed E-state index contributed by atoms with van der Waals surface area (Å²) in [5.74, 6) is 1.08. The summed E-state index contributed by atoms with van der Waals surface area (Å²) < 4.78 is 2.02. The van der Waals surface area contributed by atoms with Gasteiger partial charge in [0.05, 0.1) is 5.75 Å². The number of benzene rings is 1. The van der Waals surface area contributed by atoms with Crippen LogP contribution in [-0.2, 0) is 12.3 Å². The molecule has 0 bridgehead atoms. The topological polar surface area (TPSA) is 98.5 Å². The molecule has 0 unspecified atom stereocenters. The van der Waals surface area contributed by atoms with E-state index in [2.05, 4.69) is 61.7 Å². The quantitative estimate of drug-likeness (QED) is 0.309. The van der Waals surface area contributed by atoms with E-state index in [9.17, 15) is 4.79 Å². The molecule has 0 aliphatic carbocycles. The van der Waals surface area contributed by atoms with Crippen LogP contribution in [0.2, 0.25) is 0 Å². The van der Waals surface area contributed by atoms with Crippen molar-refractivity contribution in [2.45, 2.75) is 24.4 Å². The average molecular weight is 500 g/mol. The lowest BCUT2D eigenvalue weighted by Gasteiger charge is -2.10. The molecule has 5 aromatic rings. The van der Waals surface area contributed by atoms with Crippen LogP contribution in [0.4, 0.5) is 0 Å². The fraction of sp³-hybridized carbons (Fsp3) is 0.120. The highest BCUT2D eigenvalue weighted by molar-refractivity contribution is 7.98. The average Bonchev–Trinajstić information content (AvgIpc) is 3.55. The van der Waals surface area contributed by atoms with Crippen molar-refractivity contribution < 1.29 is 4.79 Å². The Morgan fingerprint density at radius 1 is 1.03 bits per heavy atom. The number of amides is 1. The van der Waals surface area contributed by atoms with Crippen molar-refractivity contribution in [3.63, 3.8) is 0 Å². The van der Waals surface area contributed by atoms with Gasteiger partial charge in [0.25, 0.3) is 5.91 Å². The van der Waals surface area contributed by atoms with Crippen molar-refractivity contribution in [2.24, 2.45) is 0 Å². The third-order valence-corrected chi connectivity index (χ3v) is 7.10. The van der Waals surface area contributed by atoms with Crippen LogP contribution in [0.5, 0.6) is 0 Å². The molecule has 4 aromatic heterocycles. The smallest absolute Gasteiger partial charge is 0.271 e.